The molecule has 1 fully saturated rings. The number of aryl methyl sites for hydroxylation is 1. The van der Waals surface area contributed by atoms with E-state index in [0.717, 1.165) is 43.8 Å². The molecule has 3 rings (SSSR count). The molecule has 1 aliphatic heterocycles. The van der Waals surface area contributed by atoms with Crippen LogP contribution in [-0.4, -0.2) is 27.9 Å². The summed E-state index contributed by atoms with van der Waals surface area (Å²) in [4.78, 5) is 4.09. The van der Waals surface area contributed by atoms with Crippen LogP contribution in [0.2, 0.25) is 0 Å². The molecule has 1 saturated heterocycles. The minimum atomic E-state index is 0.0544. The quantitative estimate of drug-likeness (QED) is 0.919. The summed E-state index contributed by atoms with van der Waals surface area (Å²) in [6, 6.07) is 3.91. The van der Waals surface area contributed by atoms with Crippen molar-refractivity contribution in [3.05, 3.63) is 42.0 Å². The Balaban J connectivity index is 1.70. The van der Waals surface area contributed by atoms with Crippen molar-refractivity contribution in [2.45, 2.75) is 32.4 Å². The Hall–Kier alpha value is -2.39. The van der Waals surface area contributed by atoms with Gasteiger partial charge in [0.15, 0.2) is 0 Å². The highest BCUT2D eigenvalue weighted by molar-refractivity contribution is 5.55. The molecule has 1 N–H and O–H groups in total. The van der Waals surface area contributed by atoms with E-state index in [9.17, 15) is 0 Å². The molecule has 2 atom stereocenters. The zero-order valence-corrected chi connectivity index (χ0v) is 13.3. The molecular weight excluding hydrogens is 290 g/mol. The van der Waals surface area contributed by atoms with Gasteiger partial charge in [-0.3, -0.25) is 9.67 Å². The van der Waals surface area contributed by atoms with Gasteiger partial charge in [-0.05, 0) is 25.8 Å². The number of nitriles is 1. The maximum absolute atomic E-state index is 9.16. The highest BCUT2D eigenvalue weighted by Gasteiger charge is 2.28. The van der Waals surface area contributed by atoms with Crippen molar-refractivity contribution in [2.24, 2.45) is 5.92 Å². The molecule has 6 nitrogen and oxygen atoms in total. The molecule has 0 aromatic carbocycles. The number of nitrogens with one attached hydrogen (secondary N) is 1. The fourth-order valence-electron chi connectivity index (χ4n) is 2.99. The van der Waals surface area contributed by atoms with Gasteiger partial charge < -0.3 is 10.1 Å². The van der Waals surface area contributed by atoms with Crippen LogP contribution >= 0.6 is 0 Å². The van der Waals surface area contributed by atoms with Gasteiger partial charge in [-0.25, -0.2) is 0 Å². The number of aromatic nitrogens is 3. The Morgan fingerprint density at radius 3 is 3.17 bits per heavy atom. The Bertz CT molecular complexity index is 690. The molecule has 0 spiro atoms. The zero-order valence-electron chi connectivity index (χ0n) is 13.3. The van der Waals surface area contributed by atoms with Crippen LogP contribution in [0.15, 0.2) is 30.9 Å². The van der Waals surface area contributed by atoms with E-state index in [1.807, 2.05) is 10.9 Å². The first-order chi connectivity index (χ1) is 11.3. The first kappa shape index (κ1) is 15.5. The van der Waals surface area contributed by atoms with Crippen molar-refractivity contribution in [3.63, 3.8) is 0 Å². The van der Waals surface area contributed by atoms with Crippen LogP contribution in [-0.2, 0) is 11.3 Å². The first-order valence-electron chi connectivity index (χ1n) is 8.03. The smallest absolute Gasteiger partial charge is 0.101 e. The summed E-state index contributed by atoms with van der Waals surface area (Å²) >= 11 is 0. The number of nitrogens with zero attached hydrogens (tertiary/aromatic N) is 4. The largest absolute Gasteiger partial charge is 0.382 e. The second-order valence-corrected chi connectivity index (χ2v) is 5.74. The van der Waals surface area contributed by atoms with Gasteiger partial charge in [-0.2, -0.15) is 10.4 Å². The number of rotatable bonds is 5. The lowest BCUT2D eigenvalue weighted by atomic mass is 9.90. The summed E-state index contributed by atoms with van der Waals surface area (Å²) in [5.74, 6) is 0.352. The molecule has 120 valence electrons. The van der Waals surface area contributed by atoms with Crippen molar-refractivity contribution >= 4 is 5.69 Å². The van der Waals surface area contributed by atoms with E-state index in [-0.39, 0.29) is 6.10 Å². The van der Waals surface area contributed by atoms with Crippen LogP contribution in [0.4, 0.5) is 5.69 Å². The fourth-order valence-corrected chi connectivity index (χ4v) is 2.99. The number of pyridine rings is 1. The van der Waals surface area contributed by atoms with Gasteiger partial charge in [0.05, 0.1) is 29.7 Å². The van der Waals surface area contributed by atoms with E-state index in [1.165, 1.54) is 0 Å². The van der Waals surface area contributed by atoms with Crippen LogP contribution in [0.25, 0.3) is 0 Å². The normalized spacial score (nSPS) is 20.9. The van der Waals surface area contributed by atoms with Crippen molar-refractivity contribution in [1.29, 1.82) is 5.26 Å². The minimum Gasteiger partial charge on any atom is -0.382 e. The van der Waals surface area contributed by atoms with E-state index in [2.05, 4.69) is 34.6 Å². The predicted octanol–water partition coefficient (Wildman–Crippen LogP) is 2.75. The Morgan fingerprint density at radius 1 is 1.48 bits per heavy atom. The average molecular weight is 311 g/mol. The van der Waals surface area contributed by atoms with Gasteiger partial charge >= 0.3 is 0 Å². The van der Waals surface area contributed by atoms with E-state index in [4.69, 9.17) is 10.00 Å². The summed E-state index contributed by atoms with van der Waals surface area (Å²) in [6.45, 7) is 4.47. The summed E-state index contributed by atoms with van der Waals surface area (Å²) in [7, 11) is 0. The van der Waals surface area contributed by atoms with E-state index in [1.54, 1.807) is 18.5 Å². The molecule has 1 aliphatic rings. The third-order valence-electron chi connectivity index (χ3n) is 4.25. The number of hydrogen-bond donors (Lipinski definition) is 1. The fraction of sp³-hybridized carbons (Fsp3) is 0.471. The highest BCUT2D eigenvalue weighted by Crippen LogP contribution is 2.33. The second-order valence-electron chi connectivity index (χ2n) is 5.74. The van der Waals surface area contributed by atoms with E-state index >= 15 is 0 Å². The third-order valence-corrected chi connectivity index (χ3v) is 4.25. The van der Waals surface area contributed by atoms with Crippen LogP contribution in [0.5, 0.6) is 0 Å². The second kappa shape index (κ2) is 7.25. The lowest BCUT2D eigenvalue weighted by Crippen LogP contribution is -2.28. The van der Waals surface area contributed by atoms with Gasteiger partial charge in [0.25, 0.3) is 0 Å². The summed E-state index contributed by atoms with van der Waals surface area (Å²) in [5, 5.41) is 16.9. The third kappa shape index (κ3) is 3.51. The van der Waals surface area contributed by atoms with Gasteiger partial charge in [0.1, 0.15) is 6.07 Å². The van der Waals surface area contributed by atoms with Crippen molar-refractivity contribution in [2.75, 3.05) is 18.5 Å². The molecule has 0 bridgehead atoms. The molecule has 0 radical (unpaired) electrons. The Morgan fingerprint density at radius 2 is 2.39 bits per heavy atom. The molecule has 2 aromatic heterocycles. The Kier molecular flexibility index (Phi) is 4.89. The monoisotopic (exact) mass is 311 g/mol. The van der Waals surface area contributed by atoms with Crippen molar-refractivity contribution in [3.8, 4) is 6.07 Å². The summed E-state index contributed by atoms with van der Waals surface area (Å²) in [6.07, 6.45) is 9.51. The molecule has 0 amide bonds. The van der Waals surface area contributed by atoms with Gasteiger partial charge in [0, 0.05) is 43.6 Å². The van der Waals surface area contributed by atoms with Crippen molar-refractivity contribution < 1.29 is 4.74 Å². The molecule has 0 aliphatic carbocycles. The topological polar surface area (TPSA) is 75.8 Å². The average Bonchev–Trinajstić information content (AvgIpc) is 3.09. The maximum atomic E-state index is 9.16. The van der Waals surface area contributed by atoms with Crippen LogP contribution in [0.3, 0.4) is 0 Å². The molecule has 3 heterocycles. The molecule has 0 unspecified atom stereocenters. The lowest BCUT2D eigenvalue weighted by Gasteiger charge is -2.31. The van der Waals surface area contributed by atoms with Crippen LogP contribution < -0.4 is 5.32 Å². The predicted molar refractivity (Wildman–Crippen MR) is 86.8 cm³/mol. The minimum absolute atomic E-state index is 0.0544. The number of anilines is 1. The molecule has 0 saturated carbocycles. The van der Waals surface area contributed by atoms with Gasteiger partial charge in [-0.15, -0.1) is 0 Å². The van der Waals surface area contributed by atoms with E-state index < -0.39 is 0 Å². The molecular formula is C17H21N5O. The first-order valence-corrected chi connectivity index (χ1v) is 8.03. The zero-order chi connectivity index (χ0) is 16.1. The molecule has 2 aromatic rings. The standard InChI is InChI=1S/C17H21N5O/c1-2-22-12-15(10-21-22)17-14(4-3-7-23-17)9-20-16-11-19-6-5-13(16)8-18/h5-6,10-12,14,17,20H,2-4,7,9H2,1H3/t14-,17+/m0/s1. The van der Waals surface area contributed by atoms with Gasteiger partial charge in [-0.1, -0.05) is 0 Å². The van der Waals surface area contributed by atoms with E-state index in [0.29, 0.717) is 11.5 Å². The molecule has 23 heavy (non-hydrogen) atoms. The number of hydrogen-bond acceptors (Lipinski definition) is 5. The Labute approximate surface area is 136 Å². The lowest BCUT2D eigenvalue weighted by molar-refractivity contribution is -0.0239. The summed E-state index contributed by atoms with van der Waals surface area (Å²) < 4.78 is 7.93. The van der Waals surface area contributed by atoms with Crippen LogP contribution in [0, 0.1) is 17.2 Å². The SMILES string of the molecule is CCn1cc([C@@H]2OCCC[C@H]2CNc2cnccc2C#N)cn1. The highest BCUT2D eigenvalue weighted by atomic mass is 16.5. The van der Waals surface area contributed by atoms with Crippen molar-refractivity contribution in [1.82, 2.24) is 14.8 Å². The number of ether oxygens (including phenoxy) is 1. The van der Waals surface area contributed by atoms with Crippen LogP contribution in [0.1, 0.15) is 37.0 Å². The molecule has 6 heteroatoms. The van der Waals surface area contributed by atoms with Gasteiger partial charge in [0.2, 0.25) is 0 Å². The summed E-state index contributed by atoms with van der Waals surface area (Å²) in [5.41, 5.74) is 2.53. The maximum Gasteiger partial charge on any atom is 0.101 e.